The average molecular weight is 207 g/mol. The molecule has 0 spiro atoms. The Morgan fingerprint density at radius 1 is 1.47 bits per heavy atom. The fraction of sp³-hybridized carbons (Fsp3) is 0.538. The Kier molecular flexibility index (Phi) is 3.06. The first-order valence-electron chi connectivity index (χ1n) is 5.68. The van der Waals surface area contributed by atoms with E-state index in [1.54, 1.807) is 12.1 Å². The van der Waals surface area contributed by atoms with E-state index < -0.39 is 0 Å². The summed E-state index contributed by atoms with van der Waals surface area (Å²) in [6, 6.07) is 5.66. The molecule has 0 heterocycles. The maximum absolute atomic E-state index is 13.2. The predicted octanol–water partition coefficient (Wildman–Crippen LogP) is 2.85. The van der Waals surface area contributed by atoms with Crippen molar-refractivity contribution < 1.29 is 4.39 Å². The molecule has 1 aliphatic carbocycles. The van der Waals surface area contributed by atoms with Crippen LogP contribution in [0.4, 0.5) is 4.39 Å². The van der Waals surface area contributed by atoms with E-state index in [1.165, 1.54) is 24.0 Å². The van der Waals surface area contributed by atoms with Crippen LogP contribution in [-0.2, 0) is 6.42 Å². The number of nitrogens with one attached hydrogen (secondary N) is 1. The Balaban J connectivity index is 2.36. The normalized spacial score (nSPS) is 22.2. The first-order chi connectivity index (χ1) is 7.22. The molecule has 2 rings (SSSR count). The van der Waals surface area contributed by atoms with Gasteiger partial charge in [-0.05, 0) is 62.4 Å². The minimum atomic E-state index is -0.107. The van der Waals surface area contributed by atoms with Crippen molar-refractivity contribution in [2.75, 3.05) is 7.05 Å². The van der Waals surface area contributed by atoms with Gasteiger partial charge in [0.2, 0.25) is 0 Å². The number of aryl methyl sites for hydroxylation is 1. The van der Waals surface area contributed by atoms with E-state index in [-0.39, 0.29) is 5.82 Å². The number of likely N-dealkylation sites (N-methyl/N-ethyl adjacent to an activating group) is 1. The van der Waals surface area contributed by atoms with Crippen LogP contribution in [0.15, 0.2) is 18.2 Å². The Morgan fingerprint density at radius 2 is 2.27 bits per heavy atom. The zero-order valence-corrected chi connectivity index (χ0v) is 9.39. The lowest BCUT2D eigenvalue weighted by Crippen LogP contribution is -2.31. The molecule has 2 atom stereocenters. The van der Waals surface area contributed by atoms with Gasteiger partial charge < -0.3 is 5.32 Å². The molecule has 2 unspecified atom stereocenters. The molecule has 1 aromatic rings. The van der Waals surface area contributed by atoms with Crippen molar-refractivity contribution in [3.05, 3.63) is 35.1 Å². The van der Waals surface area contributed by atoms with E-state index in [0.29, 0.717) is 12.0 Å². The molecule has 2 heteroatoms. The molecule has 0 aliphatic heterocycles. The number of hydrogen-bond donors (Lipinski definition) is 1. The second-order valence-electron chi connectivity index (χ2n) is 4.42. The minimum Gasteiger partial charge on any atom is -0.317 e. The maximum atomic E-state index is 13.2. The molecule has 1 aromatic carbocycles. The third-order valence-corrected chi connectivity index (χ3v) is 3.53. The van der Waals surface area contributed by atoms with Crippen LogP contribution in [-0.4, -0.2) is 13.1 Å². The van der Waals surface area contributed by atoms with Crippen molar-refractivity contribution in [1.29, 1.82) is 0 Å². The zero-order chi connectivity index (χ0) is 10.8. The highest BCUT2D eigenvalue weighted by Crippen LogP contribution is 2.34. The summed E-state index contributed by atoms with van der Waals surface area (Å²) in [5, 5.41) is 3.27. The molecule has 0 aromatic heterocycles. The van der Waals surface area contributed by atoms with Gasteiger partial charge in [0.05, 0.1) is 0 Å². The van der Waals surface area contributed by atoms with Crippen molar-refractivity contribution in [1.82, 2.24) is 5.32 Å². The van der Waals surface area contributed by atoms with Crippen molar-refractivity contribution >= 4 is 0 Å². The van der Waals surface area contributed by atoms with Crippen LogP contribution in [0.1, 0.15) is 36.8 Å². The van der Waals surface area contributed by atoms with Gasteiger partial charge in [0.25, 0.3) is 0 Å². The maximum Gasteiger partial charge on any atom is 0.123 e. The number of hydrogen-bond acceptors (Lipinski definition) is 1. The van der Waals surface area contributed by atoms with Crippen LogP contribution in [0.3, 0.4) is 0 Å². The fourth-order valence-electron chi connectivity index (χ4n) is 2.53. The van der Waals surface area contributed by atoms with Gasteiger partial charge in [0.15, 0.2) is 0 Å². The third-order valence-electron chi connectivity index (χ3n) is 3.53. The van der Waals surface area contributed by atoms with Gasteiger partial charge in [-0.15, -0.1) is 0 Å². The second kappa shape index (κ2) is 4.31. The lowest BCUT2D eigenvalue weighted by molar-refractivity contribution is 0.435. The Labute approximate surface area is 90.7 Å². The van der Waals surface area contributed by atoms with E-state index in [0.717, 1.165) is 6.42 Å². The molecule has 0 fully saturated rings. The van der Waals surface area contributed by atoms with E-state index in [4.69, 9.17) is 0 Å². The van der Waals surface area contributed by atoms with E-state index >= 15 is 0 Å². The van der Waals surface area contributed by atoms with Gasteiger partial charge in [-0.3, -0.25) is 0 Å². The monoisotopic (exact) mass is 207 g/mol. The first kappa shape index (κ1) is 10.6. The first-order valence-corrected chi connectivity index (χ1v) is 5.68. The largest absolute Gasteiger partial charge is 0.317 e. The quantitative estimate of drug-likeness (QED) is 0.786. The van der Waals surface area contributed by atoms with Crippen LogP contribution >= 0.6 is 0 Å². The lowest BCUT2D eigenvalue weighted by Gasteiger charge is -2.30. The summed E-state index contributed by atoms with van der Waals surface area (Å²) >= 11 is 0. The SMILES string of the molecule is CNC(C)C1CCCc2ccc(F)cc21. The molecule has 0 saturated carbocycles. The van der Waals surface area contributed by atoms with Gasteiger partial charge in [-0.25, -0.2) is 4.39 Å². The summed E-state index contributed by atoms with van der Waals surface area (Å²) in [6.45, 7) is 2.17. The van der Waals surface area contributed by atoms with Crippen LogP contribution in [0.2, 0.25) is 0 Å². The molecule has 0 radical (unpaired) electrons. The average Bonchev–Trinajstić information content (AvgIpc) is 2.27. The fourth-order valence-corrected chi connectivity index (χ4v) is 2.53. The Hall–Kier alpha value is -0.890. The minimum absolute atomic E-state index is 0.107. The van der Waals surface area contributed by atoms with E-state index in [9.17, 15) is 4.39 Å². The predicted molar refractivity (Wildman–Crippen MR) is 60.6 cm³/mol. The number of fused-ring (bicyclic) bond motifs is 1. The number of benzene rings is 1. The van der Waals surface area contributed by atoms with E-state index in [2.05, 4.69) is 12.2 Å². The summed E-state index contributed by atoms with van der Waals surface area (Å²) in [7, 11) is 1.97. The highest BCUT2D eigenvalue weighted by molar-refractivity contribution is 5.34. The van der Waals surface area contributed by atoms with Gasteiger partial charge in [0.1, 0.15) is 5.82 Å². The Bertz CT molecular complexity index is 348. The van der Waals surface area contributed by atoms with Gasteiger partial charge >= 0.3 is 0 Å². The summed E-state index contributed by atoms with van der Waals surface area (Å²) in [6.07, 6.45) is 3.48. The molecule has 82 valence electrons. The standard InChI is InChI=1S/C13H18FN/c1-9(15-2)12-5-3-4-10-6-7-11(14)8-13(10)12/h6-9,12,15H,3-5H2,1-2H3. The highest BCUT2D eigenvalue weighted by Gasteiger charge is 2.24. The molecule has 0 saturated heterocycles. The van der Waals surface area contributed by atoms with Crippen molar-refractivity contribution in [2.45, 2.75) is 38.1 Å². The topological polar surface area (TPSA) is 12.0 Å². The molecular formula is C13H18FN. The number of halogens is 1. The van der Waals surface area contributed by atoms with Gasteiger partial charge in [-0.1, -0.05) is 6.07 Å². The summed E-state index contributed by atoms with van der Waals surface area (Å²) < 4.78 is 13.2. The molecule has 1 aliphatic rings. The lowest BCUT2D eigenvalue weighted by atomic mass is 9.79. The van der Waals surface area contributed by atoms with Gasteiger partial charge in [-0.2, -0.15) is 0 Å². The van der Waals surface area contributed by atoms with Crippen molar-refractivity contribution in [2.24, 2.45) is 0 Å². The Morgan fingerprint density at radius 3 is 3.00 bits per heavy atom. The molecule has 1 N–H and O–H groups in total. The van der Waals surface area contributed by atoms with Crippen LogP contribution in [0.5, 0.6) is 0 Å². The molecule has 15 heavy (non-hydrogen) atoms. The highest BCUT2D eigenvalue weighted by atomic mass is 19.1. The molecule has 1 nitrogen and oxygen atoms in total. The molecule has 0 amide bonds. The van der Waals surface area contributed by atoms with Crippen molar-refractivity contribution in [3.8, 4) is 0 Å². The third kappa shape index (κ3) is 2.05. The number of rotatable bonds is 2. The van der Waals surface area contributed by atoms with Crippen LogP contribution < -0.4 is 5.32 Å². The zero-order valence-electron chi connectivity index (χ0n) is 9.39. The molecular weight excluding hydrogens is 189 g/mol. The second-order valence-corrected chi connectivity index (χ2v) is 4.42. The van der Waals surface area contributed by atoms with Crippen LogP contribution in [0.25, 0.3) is 0 Å². The van der Waals surface area contributed by atoms with Gasteiger partial charge in [0, 0.05) is 6.04 Å². The molecule has 0 bridgehead atoms. The summed E-state index contributed by atoms with van der Waals surface area (Å²) in [5.74, 6) is 0.360. The van der Waals surface area contributed by atoms with E-state index in [1.807, 2.05) is 13.1 Å². The smallest absolute Gasteiger partial charge is 0.123 e. The van der Waals surface area contributed by atoms with Crippen molar-refractivity contribution in [3.63, 3.8) is 0 Å². The summed E-state index contributed by atoms with van der Waals surface area (Å²) in [5.41, 5.74) is 2.54. The van der Waals surface area contributed by atoms with Crippen LogP contribution in [0, 0.1) is 5.82 Å². The summed E-state index contributed by atoms with van der Waals surface area (Å²) in [4.78, 5) is 0.